The van der Waals surface area contributed by atoms with Crippen molar-refractivity contribution in [2.45, 2.75) is 25.4 Å². The van der Waals surface area contributed by atoms with Crippen LogP contribution in [0.1, 0.15) is 18.7 Å². The molecule has 1 unspecified atom stereocenters. The van der Waals surface area contributed by atoms with Crippen molar-refractivity contribution >= 4 is 11.0 Å². The van der Waals surface area contributed by atoms with E-state index in [1.54, 1.807) is 0 Å². The molecule has 2 aliphatic heterocycles. The van der Waals surface area contributed by atoms with Gasteiger partial charge in [0.05, 0.1) is 17.1 Å². The first kappa shape index (κ1) is 11.1. The van der Waals surface area contributed by atoms with Gasteiger partial charge >= 0.3 is 0 Å². The third kappa shape index (κ3) is 2.04. The van der Waals surface area contributed by atoms with Crippen molar-refractivity contribution in [3.05, 3.63) is 18.0 Å². The van der Waals surface area contributed by atoms with Crippen LogP contribution < -0.4 is 9.47 Å². The summed E-state index contributed by atoms with van der Waals surface area (Å²) in [6, 6.07) is 3.91. The Balaban J connectivity index is 1.66. The van der Waals surface area contributed by atoms with Gasteiger partial charge in [0.1, 0.15) is 19.0 Å². The molecule has 0 amide bonds. The molecule has 2 aliphatic rings. The minimum Gasteiger partial charge on any atom is -0.486 e. The van der Waals surface area contributed by atoms with E-state index in [9.17, 15) is 0 Å². The summed E-state index contributed by atoms with van der Waals surface area (Å²) in [5.41, 5.74) is 1.93. The summed E-state index contributed by atoms with van der Waals surface area (Å²) in [5, 5.41) is 0. The van der Waals surface area contributed by atoms with Gasteiger partial charge in [-0.25, -0.2) is 4.98 Å². The van der Waals surface area contributed by atoms with Crippen molar-refractivity contribution in [3.63, 3.8) is 0 Å². The van der Waals surface area contributed by atoms with Crippen molar-refractivity contribution in [2.24, 2.45) is 0 Å². The smallest absolute Gasteiger partial charge is 0.163 e. The number of nitrogens with zero attached hydrogens (tertiary/aromatic N) is 1. The molecule has 0 radical (unpaired) electrons. The number of nitrogens with one attached hydrogen (secondary N) is 1. The van der Waals surface area contributed by atoms with E-state index in [1.807, 2.05) is 12.1 Å². The molecule has 2 aromatic rings. The van der Waals surface area contributed by atoms with E-state index in [1.165, 1.54) is 0 Å². The number of rotatable bonds is 2. The van der Waals surface area contributed by atoms with E-state index in [-0.39, 0.29) is 0 Å². The highest BCUT2D eigenvalue weighted by Crippen LogP contribution is 2.33. The largest absolute Gasteiger partial charge is 0.486 e. The molecule has 0 bridgehead atoms. The minimum atomic E-state index is 0.308. The van der Waals surface area contributed by atoms with Gasteiger partial charge in [0, 0.05) is 25.2 Å². The predicted octanol–water partition coefficient (Wildman–Crippen LogP) is 2.06. The van der Waals surface area contributed by atoms with E-state index < -0.39 is 0 Å². The number of benzene rings is 1. The van der Waals surface area contributed by atoms with E-state index in [0.717, 1.165) is 54.2 Å². The van der Waals surface area contributed by atoms with E-state index in [0.29, 0.717) is 19.3 Å². The maximum Gasteiger partial charge on any atom is 0.163 e. The summed E-state index contributed by atoms with van der Waals surface area (Å²) in [4.78, 5) is 7.96. The summed E-state index contributed by atoms with van der Waals surface area (Å²) in [5.74, 6) is 2.56. The van der Waals surface area contributed by atoms with E-state index in [2.05, 4.69) is 9.97 Å². The van der Waals surface area contributed by atoms with Crippen molar-refractivity contribution in [1.29, 1.82) is 0 Å². The maximum atomic E-state index is 5.64. The van der Waals surface area contributed by atoms with E-state index in [4.69, 9.17) is 14.2 Å². The van der Waals surface area contributed by atoms with E-state index >= 15 is 0 Å². The highest BCUT2D eigenvalue weighted by atomic mass is 16.6. The van der Waals surface area contributed by atoms with Crippen LogP contribution in [0.2, 0.25) is 0 Å². The maximum absolute atomic E-state index is 5.64. The Bertz CT molecular complexity index is 559. The van der Waals surface area contributed by atoms with Crippen LogP contribution in [0.5, 0.6) is 11.5 Å². The second-order valence-corrected chi connectivity index (χ2v) is 5.04. The van der Waals surface area contributed by atoms with Gasteiger partial charge in [-0.15, -0.1) is 0 Å². The molecule has 1 N–H and O–H groups in total. The highest BCUT2D eigenvalue weighted by molar-refractivity contribution is 5.79. The van der Waals surface area contributed by atoms with Crippen LogP contribution in [-0.4, -0.2) is 35.9 Å². The molecule has 19 heavy (non-hydrogen) atoms. The number of H-pyrrole nitrogens is 1. The van der Waals surface area contributed by atoms with Gasteiger partial charge in [-0.2, -0.15) is 0 Å². The molecular weight excluding hydrogens is 244 g/mol. The lowest BCUT2D eigenvalue weighted by Gasteiger charge is -2.17. The number of aromatic nitrogens is 2. The molecular formula is C14H16N2O3. The third-order valence-corrected chi connectivity index (χ3v) is 3.64. The fraction of sp³-hybridized carbons (Fsp3) is 0.500. The third-order valence-electron chi connectivity index (χ3n) is 3.64. The Morgan fingerprint density at radius 2 is 2.00 bits per heavy atom. The Kier molecular flexibility index (Phi) is 2.58. The molecule has 1 aromatic carbocycles. The van der Waals surface area contributed by atoms with Crippen molar-refractivity contribution in [1.82, 2.24) is 9.97 Å². The number of aromatic amines is 1. The molecule has 3 heterocycles. The van der Waals surface area contributed by atoms with Gasteiger partial charge in [-0.1, -0.05) is 0 Å². The Morgan fingerprint density at radius 3 is 2.79 bits per heavy atom. The summed E-state index contributed by atoms with van der Waals surface area (Å²) in [6.07, 6.45) is 3.43. The van der Waals surface area contributed by atoms with Gasteiger partial charge in [0.15, 0.2) is 11.5 Å². The van der Waals surface area contributed by atoms with Crippen LogP contribution in [0.4, 0.5) is 0 Å². The summed E-state index contributed by atoms with van der Waals surface area (Å²) < 4.78 is 16.8. The van der Waals surface area contributed by atoms with Crippen molar-refractivity contribution in [3.8, 4) is 11.5 Å². The molecule has 1 aromatic heterocycles. The lowest BCUT2D eigenvalue weighted by atomic mass is 10.2. The molecule has 1 atom stereocenters. The zero-order valence-corrected chi connectivity index (χ0v) is 10.6. The van der Waals surface area contributed by atoms with Crippen LogP contribution in [0.15, 0.2) is 12.1 Å². The lowest BCUT2D eigenvalue weighted by molar-refractivity contribution is 0.110. The Labute approximate surface area is 110 Å². The highest BCUT2D eigenvalue weighted by Gasteiger charge is 2.19. The van der Waals surface area contributed by atoms with Gasteiger partial charge < -0.3 is 19.2 Å². The SMILES string of the molecule is c1c2c(cc3[nH]c(CC4CCCO4)nc13)OCCO2. The van der Waals surface area contributed by atoms with Crippen molar-refractivity contribution in [2.75, 3.05) is 19.8 Å². The quantitative estimate of drug-likeness (QED) is 0.898. The normalized spacial score (nSPS) is 22.0. The number of hydrogen-bond donors (Lipinski definition) is 1. The molecule has 0 aliphatic carbocycles. The average Bonchev–Trinajstić information content (AvgIpc) is 3.05. The molecule has 1 fully saturated rings. The lowest BCUT2D eigenvalue weighted by Crippen LogP contribution is -2.15. The number of fused-ring (bicyclic) bond motifs is 2. The zero-order chi connectivity index (χ0) is 12.7. The van der Waals surface area contributed by atoms with Gasteiger partial charge in [-0.05, 0) is 12.8 Å². The standard InChI is InChI=1S/C14H16N2O3/c1-2-9(17-3-1)6-14-15-10-7-12-13(8-11(10)16-14)19-5-4-18-12/h7-9H,1-6H2,(H,15,16). The second-order valence-electron chi connectivity index (χ2n) is 5.04. The molecule has 0 saturated carbocycles. The van der Waals surface area contributed by atoms with Crippen LogP contribution >= 0.6 is 0 Å². The second kappa shape index (κ2) is 4.42. The molecule has 4 rings (SSSR count). The molecule has 1 saturated heterocycles. The molecule has 0 spiro atoms. The predicted molar refractivity (Wildman–Crippen MR) is 69.8 cm³/mol. The Hall–Kier alpha value is -1.75. The van der Waals surface area contributed by atoms with Crippen LogP contribution in [0.25, 0.3) is 11.0 Å². The monoisotopic (exact) mass is 260 g/mol. The number of ether oxygens (including phenoxy) is 3. The topological polar surface area (TPSA) is 56.4 Å². The van der Waals surface area contributed by atoms with Crippen molar-refractivity contribution < 1.29 is 14.2 Å². The van der Waals surface area contributed by atoms with Gasteiger partial charge in [0.25, 0.3) is 0 Å². The molecule has 100 valence electrons. The van der Waals surface area contributed by atoms with Crippen LogP contribution in [-0.2, 0) is 11.2 Å². The number of hydrogen-bond acceptors (Lipinski definition) is 4. The molecule has 5 nitrogen and oxygen atoms in total. The van der Waals surface area contributed by atoms with Crippen LogP contribution in [0, 0.1) is 0 Å². The fourth-order valence-electron chi connectivity index (χ4n) is 2.72. The number of imidazole rings is 1. The fourth-order valence-corrected chi connectivity index (χ4v) is 2.72. The Morgan fingerprint density at radius 1 is 1.16 bits per heavy atom. The first-order chi connectivity index (χ1) is 9.38. The van der Waals surface area contributed by atoms with Gasteiger partial charge in [-0.3, -0.25) is 0 Å². The summed E-state index contributed by atoms with van der Waals surface area (Å²) in [6.45, 7) is 2.09. The minimum absolute atomic E-state index is 0.308. The first-order valence-corrected chi connectivity index (χ1v) is 6.78. The summed E-state index contributed by atoms with van der Waals surface area (Å²) in [7, 11) is 0. The van der Waals surface area contributed by atoms with Crippen LogP contribution in [0.3, 0.4) is 0 Å². The zero-order valence-electron chi connectivity index (χ0n) is 10.6. The summed E-state index contributed by atoms with van der Waals surface area (Å²) >= 11 is 0. The average molecular weight is 260 g/mol. The molecule has 5 heteroatoms. The van der Waals surface area contributed by atoms with Gasteiger partial charge in [0.2, 0.25) is 0 Å². The first-order valence-electron chi connectivity index (χ1n) is 6.78.